The van der Waals surface area contributed by atoms with E-state index < -0.39 is 0 Å². The third-order valence-electron chi connectivity index (χ3n) is 8.62. The van der Waals surface area contributed by atoms with Gasteiger partial charge in [0.25, 0.3) is 0 Å². The van der Waals surface area contributed by atoms with Crippen molar-refractivity contribution in [3.63, 3.8) is 0 Å². The van der Waals surface area contributed by atoms with Crippen molar-refractivity contribution in [1.82, 2.24) is 9.80 Å². The van der Waals surface area contributed by atoms with Crippen LogP contribution in [0.4, 0.5) is 9.59 Å². The normalized spacial score (nSPS) is 39.8. The van der Waals surface area contributed by atoms with Crippen LogP contribution in [0.2, 0.25) is 0 Å². The molecule has 6 rings (SSSR count). The van der Waals surface area contributed by atoms with Crippen LogP contribution in [0.1, 0.15) is 51.4 Å². The number of nitrogens with zero attached hydrogens (tertiary/aromatic N) is 2. The van der Waals surface area contributed by atoms with Crippen LogP contribution in [0, 0.1) is 23.2 Å². The zero-order chi connectivity index (χ0) is 22.5. The number of primary amides is 1. The Labute approximate surface area is 188 Å². The molecule has 0 aromatic heterocycles. The van der Waals surface area contributed by atoms with E-state index in [4.69, 9.17) is 19.9 Å². The SMILES string of the molecule is CN(C(=O)OCC1CCCO1)[C@@H]1CCN(C(=O)OC2C3CC4CC2CC(C(N)=O)(C4)C3)C1. The highest BCUT2D eigenvalue weighted by molar-refractivity contribution is 5.81. The molecule has 4 aliphatic carbocycles. The fourth-order valence-electron chi connectivity index (χ4n) is 7.08. The zero-order valence-corrected chi connectivity index (χ0v) is 18.9. The Morgan fingerprint density at radius 3 is 2.56 bits per heavy atom. The summed E-state index contributed by atoms with van der Waals surface area (Å²) in [5, 5.41) is 0. The number of carbonyl (C=O) groups is 3. The second-order valence-corrected chi connectivity index (χ2v) is 10.7. The Morgan fingerprint density at radius 2 is 1.91 bits per heavy atom. The molecule has 4 saturated carbocycles. The quantitative estimate of drug-likeness (QED) is 0.688. The molecule has 0 aromatic rings. The number of hydrogen-bond acceptors (Lipinski definition) is 6. The van der Waals surface area contributed by atoms with E-state index in [1.807, 2.05) is 0 Å². The highest BCUT2D eigenvalue weighted by atomic mass is 16.6. The zero-order valence-electron chi connectivity index (χ0n) is 18.9. The van der Waals surface area contributed by atoms with E-state index in [1.54, 1.807) is 16.8 Å². The van der Waals surface area contributed by atoms with Crippen LogP contribution in [-0.2, 0) is 19.0 Å². The first-order chi connectivity index (χ1) is 15.3. The Kier molecular flexibility index (Phi) is 5.72. The number of likely N-dealkylation sites (tertiary alicyclic amines) is 1. The van der Waals surface area contributed by atoms with Gasteiger partial charge in [0.2, 0.25) is 5.91 Å². The monoisotopic (exact) mass is 449 g/mol. The summed E-state index contributed by atoms with van der Waals surface area (Å²) >= 11 is 0. The van der Waals surface area contributed by atoms with Crippen molar-refractivity contribution in [2.45, 2.75) is 69.6 Å². The fraction of sp³-hybridized carbons (Fsp3) is 0.870. The molecule has 178 valence electrons. The Hall–Kier alpha value is -2.03. The Bertz CT molecular complexity index is 753. The molecule has 2 N–H and O–H groups in total. The van der Waals surface area contributed by atoms with Gasteiger partial charge in [-0.25, -0.2) is 9.59 Å². The molecule has 2 aliphatic heterocycles. The molecule has 0 spiro atoms. The number of carbonyl (C=O) groups excluding carboxylic acids is 3. The van der Waals surface area contributed by atoms with E-state index in [0.29, 0.717) is 25.4 Å². The number of hydrogen-bond donors (Lipinski definition) is 1. The van der Waals surface area contributed by atoms with Crippen molar-refractivity contribution in [1.29, 1.82) is 0 Å². The number of likely N-dealkylation sites (N-methyl/N-ethyl adjacent to an activating group) is 1. The van der Waals surface area contributed by atoms with E-state index >= 15 is 0 Å². The van der Waals surface area contributed by atoms with Gasteiger partial charge in [-0.3, -0.25) is 4.79 Å². The van der Waals surface area contributed by atoms with Crippen LogP contribution in [0.3, 0.4) is 0 Å². The van der Waals surface area contributed by atoms with Crippen molar-refractivity contribution >= 4 is 18.1 Å². The molecule has 0 radical (unpaired) electrons. The van der Waals surface area contributed by atoms with Gasteiger partial charge < -0.3 is 29.7 Å². The van der Waals surface area contributed by atoms with Gasteiger partial charge in [-0.15, -0.1) is 0 Å². The fourth-order valence-corrected chi connectivity index (χ4v) is 7.08. The molecule has 0 aromatic carbocycles. The van der Waals surface area contributed by atoms with Gasteiger partial charge in [0.15, 0.2) is 0 Å². The van der Waals surface area contributed by atoms with Crippen molar-refractivity contribution < 1.29 is 28.6 Å². The van der Waals surface area contributed by atoms with E-state index in [-0.39, 0.29) is 60.2 Å². The molecule has 9 nitrogen and oxygen atoms in total. The van der Waals surface area contributed by atoms with E-state index in [1.165, 1.54) is 0 Å². The third-order valence-corrected chi connectivity index (χ3v) is 8.62. The minimum atomic E-state index is -0.384. The number of amides is 3. The second-order valence-electron chi connectivity index (χ2n) is 10.7. The lowest BCUT2D eigenvalue weighted by atomic mass is 9.48. The van der Waals surface area contributed by atoms with Crippen LogP contribution < -0.4 is 5.73 Å². The number of ether oxygens (including phenoxy) is 3. The average Bonchev–Trinajstić information content (AvgIpc) is 3.45. The molecular weight excluding hydrogens is 414 g/mol. The van der Waals surface area contributed by atoms with Gasteiger partial charge in [0, 0.05) is 26.7 Å². The molecule has 9 heteroatoms. The van der Waals surface area contributed by atoms with Crippen molar-refractivity contribution in [2.24, 2.45) is 28.9 Å². The van der Waals surface area contributed by atoms with Crippen molar-refractivity contribution in [3.05, 3.63) is 0 Å². The molecule has 2 saturated heterocycles. The number of nitrogens with two attached hydrogens (primary N) is 1. The Balaban J connectivity index is 1.12. The summed E-state index contributed by atoms with van der Waals surface area (Å²) < 4.78 is 16.9. The number of rotatable bonds is 5. The lowest BCUT2D eigenvalue weighted by Crippen LogP contribution is -2.59. The first-order valence-corrected chi connectivity index (χ1v) is 12.1. The van der Waals surface area contributed by atoms with Crippen LogP contribution in [-0.4, -0.2) is 79.5 Å². The molecule has 3 amide bonds. The average molecular weight is 450 g/mol. The lowest BCUT2D eigenvalue weighted by Gasteiger charge is -2.58. The second kappa shape index (κ2) is 8.39. The van der Waals surface area contributed by atoms with Crippen LogP contribution in [0.5, 0.6) is 0 Å². The first-order valence-electron chi connectivity index (χ1n) is 12.1. The Morgan fingerprint density at radius 1 is 1.16 bits per heavy atom. The highest BCUT2D eigenvalue weighted by Gasteiger charge is 2.59. The lowest BCUT2D eigenvalue weighted by molar-refractivity contribution is -0.161. The van der Waals surface area contributed by atoms with E-state index in [0.717, 1.165) is 51.6 Å². The summed E-state index contributed by atoms with van der Waals surface area (Å²) in [6, 6.07) is -0.0869. The topological polar surface area (TPSA) is 111 Å². The van der Waals surface area contributed by atoms with Gasteiger partial charge in [-0.2, -0.15) is 0 Å². The van der Waals surface area contributed by atoms with Gasteiger partial charge in [-0.1, -0.05) is 0 Å². The maximum Gasteiger partial charge on any atom is 0.410 e. The minimum absolute atomic E-state index is 0.00270. The molecule has 6 fully saturated rings. The van der Waals surface area contributed by atoms with Gasteiger partial charge in [-0.05, 0) is 69.1 Å². The van der Waals surface area contributed by atoms with E-state index in [9.17, 15) is 14.4 Å². The maximum absolute atomic E-state index is 12.9. The largest absolute Gasteiger partial charge is 0.447 e. The molecule has 2 heterocycles. The summed E-state index contributed by atoms with van der Waals surface area (Å²) in [6.07, 6.45) is 6.25. The van der Waals surface area contributed by atoms with Gasteiger partial charge >= 0.3 is 12.2 Å². The summed E-state index contributed by atoms with van der Waals surface area (Å²) in [5.74, 6) is 0.803. The maximum atomic E-state index is 12.9. The summed E-state index contributed by atoms with van der Waals surface area (Å²) in [7, 11) is 1.72. The summed E-state index contributed by atoms with van der Waals surface area (Å²) in [4.78, 5) is 40.8. The summed E-state index contributed by atoms with van der Waals surface area (Å²) in [5.41, 5.74) is 5.37. The molecule has 4 atom stereocenters. The predicted octanol–water partition coefficient (Wildman–Crippen LogP) is 2.12. The molecule has 32 heavy (non-hydrogen) atoms. The highest BCUT2D eigenvalue weighted by Crippen LogP contribution is 2.60. The minimum Gasteiger partial charge on any atom is -0.447 e. The van der Waals surface area contributed by atoms with Crippen LogP contribution in [0.25, 0.3) is 0 Å². The predicted molar refractivity (Wildman–Crippen MR) is 114 cm³/mol. The molecule has 6 aliphatic rings. The van der Waals surface area contributed by atoms with Gasteiger partial charge in [0.1, 0.15) is 12.7 Å². The summed E-state index contributed by atoms with van der Waals surface area (Å²) in [6.45, 7) is 2.01. The standard InChI is InChI=1S/C23H35N3O6/c1-25(21(28)31-13-18-3-2-6-30-18)17-4-5-26(12-17)22(29)32-19-15-7-14-8-16(19)11-23(9-14,10-15)20(24)27/h14-19H,2-13H2,1H3,(H2,24,27)/t14?,15?,16?,17-,18?,19?,23?/m1/s1. The van der Waals surface area contributed by atoms with Gasteiger partial charge in [0.05, 0.1) is 17.6 Å². The smallest absolute Gasteiger partial charge is 0.410 e. The van der Waals surface area contributed by atoms with Crippen LogP contribution >= 0.6 is 0 Å². The van der Waals surface area contributed by atoms with E-state index in [2.05, 4.69) is 0 Å². The van der Waals surface area contributed by atoms with Crippen molar-refractivity contribution in [2.75, 3.05) is 33.4 Å². The first kappa shape index (κ1) is 21.8. The third kappa shape index (κ3) is 3.93. The van der Waals surface area contributed by atoms with Crippen LogP contribution in [0.15, 0.2) is 0 Å². The van der Waals surface area contributed by atoms with Crippen molar-refractivity contribution in [3.8, 4) is 0 Å². The molecular formula is C23H35N3O6. The molecule has 3 unspecified atom stereocenters. The molecule has 4 bridgehead atoms.